The second kappa shape index (κ2) is 8.43. The Kier molecular flexibility index (Phi) is 5.92. The Labute approximate surface area is 175 Å². The zero-order chi connectivity index (χ0) is 22.8. The van der Waals surface area contributed by atoms with Crippen LogP contribution in [0.5, 0.6) is 0 Å². The van der Waals surface area contributed by atoms with Crippen molar-refractivity contribution in [2.45, 2.75) is 18.9 Å². The van der Waals surface area contributed by atoms with Gasteiger partial charge in [-0.2, -0.15) is 17.9 Å². The van der Waals surface area contributed by atoms with E-state index in [2.05, 4.69) is 30.1 Å². The Balaban J connectivity index is 1.99. The monoisotopic (exact) mass is 449 g/mol. The molecular formula is C17H16FN7O5S. The highest BCUT2D eigenvalue weighted by Gasteiger charge is 2.32. The largest absolute Gasteiger partial charge is 0.465 e. The van der Waals surface area contributed by atoms with E-state index >= 15 is 0 Å². The second-order valence-electron chi connectivity index (χ2n) is 6.12. The number of carbonyl (C=O) groups is 2. The molecule has 2 N–H and O–H groups in total. The fourth-order valence-electron chi connectivity index (χ4n) is 2.60. The van der Waals surface area contributed by atoms with E-state index in [-0.39, 0.29) is 11.8 Å². The Morgan fingerprint density at radius 3 is 2.42 bits per heavy atom. The number of rotatable bonds is 5. The summed E-state index contributed by atoms with van der Waals surface area (Å²) in [4.78, 5) is 35.9. The average Bonchev–Trinajstić information content (AvgIpc) is 3.12. The van der Waals surface area contributed by atoms with Crippen molar-refractivity contribution in [1.29, 1.82) is 0 Å². The molecular weight excluding hydrogens is 433 g/mol. The van der Waals surface area contributed by atoms with Gasteiger partial charge in [-0.25, -0.2) is 33.9 Å². The van der Waals surface area contributed by atoms with Gasteiger partial charge in [0, 0.05) is 11.4 Å². The van der Waals surface area contributed by atoms with Crippen LogP contribution in [0.2, 0.25) is 0 Å². The highest BCUT2D eigenvalue weighted by molar-refractivity contribution is 7.90. The van der Waals surface area contributed by atoms with Gasteiger partial charge in [0.25, 0.3) is 10.0 Å². The lowest BCUT2D eigenvalue weighted by molar-refractivity contribution is 0.0596. The van der Waals surface area contributed by atoms with Crippen LogP contribution in [0.4, 0.5) is 15.1 Å². The number of amides is 2. The molecule has 0 aliphatic carbocycles. The van der Waals surface area contributed by atoms with Crippen LogP contribution in [0, 0.1) is 19.8 Å². The molecule has 2 amide bonds. The SMILES string of the molecule is COC(=O)c1cnn(-c2cccc(F)n2)c1S(=O)(=O)NC(=O)Nc1nc(C)cc(C)n1. The molecule has 0 atom stereocenters. The van der Waals surface area contributed by atoms with Crippen LogP contribution in [0.25, 0.3) is 5.82 Å². The van der Waals surface area contributed by atoms with Gasteiger partial charge >= 0.3 is 12.0 Å². The quantitative estimate of drug-likeness (QED) is 0.430. The second-order valence-corrected chi connectivity index (χ2v) is 7.72. The molecule has 3 rings (SSSR count). The summed E-state index contributed by atoms with van der Waals surface area (Å²) in [7, 11) is -3.68. The van der Waals surface area contributed by atoms with E-state index in [4.69, 9.17) is 0 Å². The van der Waals surface area contributed by atoms with Crippen LogP contribution in [0.3, 0.4) is 0 Å². The highest BCUT2D eigenvalue weighted by Crippen LogP contribution is 2.20. The van der Waals surface area contributed by atoms with Crippen molar-refractivity contribution in [2.75, 3.05) is 12.4 Å². The van der Waals surface area contributed by atoms with E-state index in [0.29, 0.717) is 16.1 Å². The van der Waals surface area contributed by atoms with E-state index in [0.717, 1.165) is 19.4 Å². The third-order valence-corrected chi connectivity index (χ3v) is 5.09. The molecule has 0 fully saturated rings. The minimum absolute atomic E-state index is 0.126. The maximum Gasteiger partial charge on any atom is 0.342 e. The topological polar surface area (TPSA) is 158 Å². The standard InChI is InChI=1S/C17H16FN7O5S/c1-9-7-10(2)21-16(20-9)23-17(27)24-31(28,29)14-11(15(26)30-3)8-19-25(14)13-6-4-5-12(18)22-13/h4-8H,1-3H3,(H2,20,21,23,24,27). The molecule has 31 heavy (non-hydrogen) atoms. The first-order valence-corrected chi connectivity index (χ1v) is 10.0. The molecule has 0 aromatic carbocycles. The maximum absolute atomic E-state index is 13.5. The van der Waals surface area contributed by atoms with Crippen molar-refractivity contribution >= 4 is 28.0 Å². The predicted octanol–water partition coefficient (Wildman–Crippen LogP) is 1.11. The first-order chi connectivity index (χ1) is 14.6. The number of urea groups is 1. The van der Waals surface area contributed by atoms with Crippen LogP contribution in [-0.4, -0.2) is 52.3 Å². The van der Waals surface area contributed by atoms with Crippen LogP contribution in [-0.2, 0) is 14.8 Å². The number of hydrogen-bond donors (Lipinski definition) is 2. The number of hydrogen-bond acceptors (Lipinski definition) is 9. The van der Waals surface area contributed by atoms with Crippen molar-refractivity contribution in [3.05, 3.63) is 53.4 Å². The van der Waals surface area contributed by atoms with Crippen molar-refractivity contribution in [1.82, 2.24) is 29.5 Å². The summed E-state index contributed by atoms with van der Waals surface area (Å²) < 4.78 is 46.4. The number of sulfonamides is 1. The highest BCUT2D eigenvalue weighted by atomic mass is 32.2. The number of methoxy groups -OCH3 is 1. The number of halogens is 1. The Morgan fingerprint density at radius 2 is 1.81 bits per heavy atom. The molecule has 0 unspecified atom stereocenters. The number of ether oxygens (including phenoxy) is 1. The fraction of sp³-hybridized carbons (Fsp3) is 0.176. The van der Waals surface area contributed by atoms with Crippen LogP contribution in [0.1, 0.15) is 21.7 Å². The van der Waals surface area contributed by atoms with E-state index in [1.807, 2.05) is 0 Å². The zero-order valence-electron chi connectivity index (χ0n) is 16.5. The number of pyridine rings is 1. The third-order valence-electron chi connectivity index (χ3n) is 3.74. The van der Waals surface area contributed by atoms with Crippen LogP contribution in [0.15, 0.2) is 35.5 Å². The number of nitrogens with zero attached hydrogens (tertiary/aromatic N) is 5. The molecule has 0 saturated carbocycles. The number of aromatic nitrogens is 5. The molecule has 14 heteroatoms. The summed E-state index contributed by atoms with van der Waals surface area (Å²) in [6.07, 6.45) is 0.901. The summed E-state index contributed by atoms with van der Waals surface area (Å²) in [6, 6.07) is 4.04. The first kappa shape index (κ1) is 21.8. The number of aryl methyl sites for hydroxylation is 2. The van der Waals surface area contributed by atoms with E-state index < -0.39 is 38.6 Å². The predicted molar refractivity (Wildman–Crippen MR) is 104 cm³/mol. The number of nitrogens with one attached hydrogen (secondary N) is 2. The Bertz CT molecular complexity index is 1260. The third kappa shape index (κ3) is 4.80. The van der Waals surface area contributed by atoms with E-state index in [1.165, 1.54) is 12.1 Å². The normalized spacial score (nSPS) is 11.1. The molecule has 3 aromatic heterocycles. The lowest BCUT2D eigenvalue weighted by Gasteiger charge is -2.11. The summed E-state index contributed by atoms with van der Waals surface area (Å²) in [5.41, 5.74) is 0.610. The molecule has 12 nitrogen and oxygen atoms in total. The number of carbonyl (C=O) groups excluding carboxylic acids is 2. The van der Waals surface area contributed by atoms with Gasteiger partial charge in [-0.1, -0.05) is 6.07 Å². The minimum Gasteiger partial charge on any atom is -0.465 e. The Morgan fingerprint density at radius 1 is 1.13 bits per heavy atom. The lowest BCUT2D eigenvalue weighted by Crippen LogP contribution is -2.36. The zero-order valence-corrected chi connectivity index (χ0v) is 17.3. The molecule has 3 aromatic rings. The molecule has 3 heterocycles. The van der Waals surface area contributed by atoms with Crippen LogP contribution >= 0.6 is 0 Å². The van der Waals surface area contributed by atoms with Gasteiger partial charge in [0.2, 0.25) is 11.9 Å². The fourth-order valence-corrected chi connectivity index (χ4v) is 3.79. The lowest BCUT2D eigenvalue weighted by atomic mass is 10.4. The van der Waals surface area contributed by atoms with Gasteiger partial charge in [-0.15, -0.1) is 0 Å². The van der Waals surface area contributed by atoms with E-state index in [9.17, 15) is 22.4 Å². The average molecular weight is 449 g/mol. The van der Waals surface area contributed by atoms with Gasteiger partial charge in [-0.05, 0) is 32.0 Å². The molecule has 0 bridgehead atoms. The van der Waals surface area contributed by atoms with Gasteiger partial charge in [0.1, 0.15) is 5.56 Å². The summed E-state index contributed by atoms with van der Waals surface area (Å²) >= 11 is 0. The molecule has 0 aliphatic rings. The molecule has 0 spiro atoms. The molecule has 0 aliphatic heterocycles. The van der Waals surface area contributed by atoms with Gasteiger partial charge < -0.3 is 4.74 Å². The smallest absolute Gasteiger partial charge is 0.342 e. The summed E-state index contributed by atoms with van der Waals surface area (Å²) in [5, 5.41) is 5.22. The van der Waals surface area contributed by atoms with Gasteiger partial charge in [0.15, 0.2) is 10.8 Å². The van der Waals surface area contributed by atoms with Crippen LogP contribution < -0.4 is 10.0 Å². The Hall–Kier alpha value is -3.94. The van der Waals surface area contributed by atoms with Crippen molar-refractivity contribution in [3.63, 3.8) is 0 Å². The minimum atomic E-state index is -4.71. The molecule has 162 valence electrons. The first-order valence-electron chi connectivity index (χ1n) is 8.56. The summed E-state index contributed by atoms with van der Waals surface area (Å²) in [6.45, 7) is 3.34. The number of esters is 1. The van der Waals surface area contributed by atoms with Gasteiger partial charge in [0.05, 0.1) is 13.3 Å². The molecule has 0 radical (unpaired) electrons. The van der Waals surface area contributed by atoms with Crippen molar-refractivity contribution in [2.24, 2.45) is 0 Å². The van der Waals surface area contributed by atoms with Crippen molar-refractivity contribution < 1.29 is 27.1 Å². The molecule has 0 saturated heterocycles. The van der Waals surface area contributed by atoms with Gasteiger partial charge in [-0.3, -0.25) is 5.32 Å². The summed E-state index contributed by atoms with van der Waals surface area (Å²) in [5.74, 6) is -2.32. The van der Waals surface area contributed by atoms with Crippen molar-refractivity contribution in [3.8, 4) is 5.82 Å². The van der Waals surface area contributed by atoms with E-state index in [1.54, 1.807) is 24.6 Å². The maximum atomic E-state index is 13.5. The number of anilines is 1.